The number of rotatable bonds is 5. The maximum absolute atomic E-state index is 12.5. The van der Waals surface area contributed by atoms with Crippen molar-refractivity contribution in [2.45, 2.75) is 23.9 Å². The van der Waals surface area contributed by atoms with E-state index in [0.29, 0.717) is 5.57 Å². The maximum atomic E-state index is 12.5. The molecule has 2 aliphatic heterocycles. The second-order valence-electron chi connectivity index (χ2n) is 5.77. The molecular formula is C17H14Cl2N2O4S. The molecule has 2 aliphatic rings. The fraction of sp³-hybridized carbons (Fsp3) is 0.235. The molecule has 3 atom stereocenters. The highest BCUT2D eigenvalue weighted by atomic mass is 35.5. The standard InChI is InChI=1S/C17H14Cl2N2O4S/c18-11(19)7-10-8-26-16-13(15(23)21(16)14(10)17(24)25)20-12(22)6-9-4-2-1-3-5-9/h1-5,7-8,13-14,16H,6H2,(H,20,22)(H,24,25)/t13?,14?,16-/m0/s1. The molecular weight excluding hydrogens is 399 g/mol. The third-order valence-electron chi connectivity index (χ3n) is 4.05. The highest BCUT2D eigenvalue weighted by Crippen LogP contribution is 2.40. The van der Waals surface area contributed by atoms with Gasteiger partial charge in [-0.25, -0.2) is 4.79 Å². The summed E-state index contributed by atoms with van der Waals surface area (Å²) in [6, 6.07) is 7.22. The van der Waals surface area contributed by atoms with Crippen LogP contribution in [0.2, 0.25) is 0 Å². The number of hydrogen-bond donors (Lipinski definition) is 2. The van der Waals surface area contributed by atoms with Gasteiger partial charge in [0.1, 0.15) is 15.9 Å². The number of amides is 2. The highest BCUT2D eigenvalue weighted by molar-refractivity contribution is 8.03. The monoisotopic (exact) mass is 412 g/mol. The number of nitrogens with zero attached hydrogens (tertiary/aromatic N) is 1. The fourth-order valence-corrected chi connectivity index (χ4v) is 4.36. The predicted molar refractivity (Wildman–Crippen MR) is 99.6 cm³/mol. The van der Waals surface area contributed by atoms with Crippen LogP contribution in [0.3, 0.4) is 0 Å². The molecule has 0 aliphatic carbocycles. The Bertz CT molecular complexity index is 808. The summed E-state index contributed by atoms with van der Waals surface area (Å²) in [5.74, 6) is -1.92. The lowest BCUT2D eigenvalue weighted by Gasteiger charge is -2.51. The van der Waals surface area contributed by atoms with E-state index in [0.717, 1.165) is 5.56 Å². The zero-order valence-corrected chi connectivity index (χ0v) is 15.6. The number of nitrogens with one attached hydrogen (secondary N) is 1. The number of carboxylic acid groups (broad SMARTS) is 1. The van der Waals surface area contributed by atoms with Crippen LogP contribution in [0.1, 0.15) is 5.56 Å². The van der Waals surface area contributed by atoms with E-state index >= 15 is 0 Å². The van der Waals surface area contributed by atoms with E-state index in [1.807, 2.05) is 30.3 Å². The lowest BCUT2D eigenvalue weighted by Crippen LogP contribution is -2.73. The molecule has 0 radical (unpaired) electrons. The van der Waals surface area contributed by atoms with Gasteiger partial charge in [0, 0.05) is 0 Å². The number of carbonyl (C=O) groups is 3. The lowest BCUT2D eigenvalue weighted by molar-refractivity contribution is -0.159. The summed E-state index contributed by atoms with van der Waals surface area (Å²) in [5.41, 5.74) is 1.15. The maximum Gasteiger partial charge on any atom is 0.331 e. The second kappa shape index (κ2) is 7.73. The molecule has 0 bridgehead atoms. The first-order valence-electron chi connectivity index (χ1n) is 7.65. The van der Waals surface area contributed by atoms with E-state index in [4.69, 9.17) is 23.2 Å². The molecule has 136 valence electrons. The molecule has 0 saturated carbocycles. The Balaban J connectivity index is 1.71. The molecule has 2 heterocycles. The SMILES string of the molecule is O=C(Cc1ccccc1)NC1C(=O)N2C(C(=O)O)C(C=C(Cl)Cl)=CS[C@@H]12. The molecule has 0 aromatic heterocycles. The van der Waals surface area contributed by atoms with Crippen LogP contribution in [0, 0.1) is 0 Å². The van der Waals surface area contributed by atoms with Crippen LogP contribution in [0.15, 0.2) is 51.9 Å². The second-order valence-corrected chi connectivity index (χ2v) is 7.77. The lowest BCUT2D eigenvalue weighted by atomic mass is 9.98. The van der Waals surface area contributed by atoms with Gasteiger partial charge in [0.15, 0.2) is 6.04 Å². The number of benzene rings is 1. The largest absolute Gasteiger partial charge is 0.479 e. The van der Waals surface area contributed by atoms with Crippen molar-refractivity contribution in [3.05, 3.63) is 57.4 Å². The quantitative estimate of drug-likeness (QED) is 0.724. The Morgan fingerprint density at radius 2 is 1.96 bits per heavy atom. The Labute approximate surface area is 163 Å². The van der Waals surface area contributed by atoms with Crippen molar-refractivity contribution >= 4 is 52.7 Å². The van der Waals surface area contributed by atoms with E-state index in [-0.39, 0.29) is 16.8 Å². The number of carboxylic acids is 1. The summed E-state index contributed by atoms with van der Waals surface area (Å²) in [6.07, 6.45) is 1.45. The topological polar surface area (TPSA) is 86.7 Å². The molecule has 3 rings (SSSR count). The van der Waals surface area contributed by atoms with E-state index in [9.17, 15) is 19.5 Å². The Morgan fingerprint density at radius 1 is 1.27 bits per heavy atom. The van der Waals surface area contributed by atoms with Gasteiger partial charge < -0.3 is 15.3 Å². The van der Waals surface area contributed by atoms with Crippen molar-refractivity contribution in [2.75, 3.05) is 0 Å². The Hall–Kier alpha value is -1.96. The van der Waals surface area contributed by atoms with Crippen LogP contribution in [0.25, 0.3) is 0 Å². The molecule has 2 N–H and O–H groups in total. The zero-order valence-electron chi connectivity index (χ0n) is 13.3. The molecule has 9 heteroatoms. The first-order chi connectivity index (χ1) is 12.4. The molecule has 2 amide bonds. The first-order valence-corrected chi connectivity index (χ1v) is 9.35. The van der Waals surface area contributed by atoms with Crippen molar-refractivity contribution in [1.82, 2.24) is 10.2 Å². The molecule has 1 saturated heterocycles. The van der Waals surface area contributed by atoms with Gasteiger partial charge in [-0.2, -0.15) is 0 Å². The highest BCUT2D eigenvalue weighted by Gasteiger charge is 2.55. The summed E-state index contributed by atoms with van der Waals surface area (Å²) in [7, 11) is 0. The van der Waals surface area contributed by atoms with Gasteiger partial charge in [-0.05, 0) is 22.6 Å². The average molecular weight is 413 g/mol. The summed E-state index contributed by atoms with van der Waals surface area (Å²) in [4.78, 5) is 37.5. The molecule has 2 unspecified atom stereocenters. The zero-order chi connectivity index (χ0) is 18.8. The van der Waals surface area contributed by atoms with Crippen molar-refractivity contribution < 1.29 is 19.5 Å². The van der Waals surface area contributed by atoms with Gasteiger partial charge in [-0.3, -0.25) is 9.59 Å². The molecule has 1 aromatic carbocycles. The van der Waals surface area contributed by atoms with Crippen LogP contribution >= 0.6 is 35.0 Å². The minimum Gasteiger partial charge on any atom is -0.479 e. The van der Waals surface area contributed by atoms with E-state index in [1.54, 1.807) is 5.41 Å². The first kappa shape index (κ1) is 18.8. The summed E-state index contributed by atoms with van der Waals surface area (Å²) < 4.78 is -0.0952. The van der Waals surface area contributed by atoms with E-state index in [2.05, 4.69) is 5.32 Å². The molecule has 1 aromatic rings. The molecule has 1 fully saturated rings. The smallest absolute Gasteiger partial charge is 0.331 e. The summed E-state index contributed by atoms with van der Waals surface area (Å²) in [5, 5.41) is 13.3. The third kappa shape index (κ3) is 3.75. The number of fused-ring (bicyclic) bond motifs is 1. The normalized spacial score (nSPS) is 24.1. The van der Waals surface area contributed by atoms with Gasteiger partial charge in [0.25, 0.3) is 0 Å². The van der Waals surface area contributed by atoms with Crippen LogP contribution < -0.4 is 5.32 Å². The van der Waals surface area contributed by atoms with Crippen molar-refractivity contribution in [1.29, 1.82) is 0 Å². The molecule has 26 heavy (non-hydrogen) atoms. The minimum absolute atomic E-state index is 0.0952. The number of carbonyl (C=O) groups excluding carboxylic acids is 2. The number of hydrogen-bond acceptors (Lipinski definition) is 4. The summed E-state index contributed by atoms with van der Waals surface area (Å²) in [6.45, 7) is 0. The number of thioether (sulfide) groups is 1. The van der Waals surface area contributed by atoms with Gasteiger partial charge in [0.05, 0.1) is 6.42 Å². The Morgan fingerprint density at radius 3 is 2.58 bits per heavy atom. The van der Waals surface area contributed by atoms with Crippen molar-refractivity contribution in [2.24, 2.45) is 0 Å². The van der Waals surface area contributed by atoms with Crippen LogP contribution in [0.5, 0.6) is 0 Å². The minimum atomic E-state index is -1.19. The third-order valence-corrected chi connectivity index (χ3v) is 5.46. The Kier molecular flexibility index (Phi) is 5.60. The van der Waals surface area contributed by atoms with E-state index < -0.39 is 29.3 Å². The van der Waals surface area contributed by atoms with Gasteiger partial charge in [-0.1, -0.05) is 53.5 Å². The number of β-lactam (4-membered cyclic amide) rings is 1. The van der Waals surface area contributed by atoms with Gasteiger partial charge >= 0.3 is 5.97 Å². The summed E-state index contributed by atoms with van der Waals surface area (Å²) >= 11 is 12.5. The van der Waals surface area contributed by atoms with Crippen LogP contribution in [-0.4, -0.2) is 45.2 Å². The average Bonchev–Trinajstić information content (AvgIpc) is 2.59. The molecule has 0 spiro atoms. The number of halogens is 2. The number of aliphatic carboxylic acids is 1. The van der Waals surface area contributed by atoms with Crippen molar-refractivity contribution in [3.8, 4) is 0 Å². The fourth-order valence-electron chi connectivity index (χ4n) is 2.92. The van der Waals surface area contributed by atoms with Crippen LogP contribution in [0.4, 0.5) is 0 Å². The van der Waals surface area contributed by atoms with Crippen LogP contribution in [-0.2, 0) is 20.8 Å². The molecule has 6 nitrogen and oxygen atoms in total. The van der Waals surface area contributed by atoms with Gasteiger partial charge in [0.2, 0.25) is 11.8 Å². The predicted octanol–water partition coefficient (Wildman–Crippen LogP) is 2.29. The van der Waals surface area contributed by atoms with E-state index in [1.165, 1.54) is 22.7 Å². The van der Waals surface area contributed by atoms with Crippen molar-refractivity contribution in [3.63, 3.8) is 0 Å². The van der Waals surface area contributed by atoms with Gasteiger partial charge in [-0.15, -0.1) is 11.8 Å².